The highest BCUT2D eigenvalue weighted by Crippen LogP contribution is 2.36. The lowest BCUT2D eigenvalue weighted by molar-refractivity contribution is -0.123. The van der Waals surface area contributed by atoms with Crippen LogP contribution in [0.3, 0.4) is 0 Å². The van der Waals surface area contributed by atoms with Gasteiger partial charge in [0.05, 0.1) is 0 Å². The van der Waals surface area contributed by atoms with Gasteiger partial charge in [-0.05, 0) is 43.0 Å². The van der Waals surface area contributed by atoms with E-state index < -0.39 is 5.54 Å². The summed E-state index contributed by atoms with van der Waals surface area (Å²) in [5.74, 6) is 0.359. The largest absolute Gasteiger partial charge is 0.371 e. The Morgan fingerprint density at radius 2 is 2.16 bits per heavy atom. The predicted octanol–water partition coefficient (Wildman–Crippen LogP) is 3.69. The van der Waals surface area contributed by atoms with Crippen molar-refractivity contribution in [1.29, 1.82) is 0 Å². The van der Waals surface area contributed by atoms with Crippen LogP contribution in [0.15, 0.2) is 28.7 Å². The number of benzene rings is 1. The minimum Gasteiger partial charge on any atom is -0.371 e. The normalized spacial score (nSPS) is 26.9. The topological polar surface area (TPSA) is 55.1 Å². The molecule has 0 bridgehead atoms. The van der Waals surface area contributed by atoms with Gasteiger partial charge in [-0.3, -0.25) is 4.79 Å². The SMILES string of the molecule is CCC1CCCC(Nc2ccc(Br)cc2)(C(N)=O)C1. The van der Waals surface area contributed by atoms with E-state index in [9.17, 15) is 4.79 Å². The number of carbonyl (C=O) groups is 1. The lowest BCUT2D eigenvalue weighted by Crippen LogP contribution is -2.53. The van der Waals surface area contributed by atoms with Crippen molar-refractivity contribution in [3.63, 3.8) is 0 Å². The Morgan fingerprint density at radius 3 is 2.74 bits per heavy atom. The fourth-order valence-electron chi connectivity index (χ4n) is 2.95. The molecule has 3 nitrogen and oxygen atoms in total. The second-order valence-electron chi connectivity index (χ2n) is 5.45. The first-order chi connectivity index (χ1) is 9.05. The van der Waals surface area contributed by atoms with E-state index in [1.807, 2.05) is 24.3 Å². The zero-order chi connectivity index (χ0) is 13.9. The summed E-state index contributed by atoms with van der Waals surface area (Å²) in [6.45, 7) is 2.18. The van der Waals surface area contributed by atoms with Crippen molar-refractivity contribution >= 4 is 27.5 Å². The summed E-state index contributed by atoms with van der Waals surface area (Å²) in [4.78, 5) is 12.0. The molecule has 1 aliphatic rings. The van der Waals surface area contributed by atoms with Gasteiger partial charge >= 0.3 is 0 Å². The van der Waals surface area contributed by atoms with E-state index in [0.29, 0.717) is 5.92 Å². The smallest absolute Gasteiger partial charge is 0.243 e. The highest BCUT2D eigenvalue weighted by Gasteiger charge is 2.40. The number of hydrogen-bond acceptors (Lipinski definition) is 2. The Bertz CT molecular complexity index is 446. The molecule has 0 heterocycles. The standard InChI is InChI=1S/C15H21BrN2O/c1-2-11-4-3-9-15(10-11,14(17)19)18-13-7-5-12(16)6-8-13/h5-8,11,18H,2-4,9-10H2,1H3,(H2,17,19). The van der Waals surface area contributed by atoms with E-state index in [2.05, 4.69) is 28.2 Å². The van der Waals surface area contributed by atoms with Crippen LogP contribution in [0.2, 0.25) is 0 Å². The van der Waals surface area contributed by atoms with Gasteiger partial charge in [-0.1, -0.05) is 42.1 Å². The third-order valence-electron chi connectivity index (χ3n) is 4.13. The first-order valence-electron chi connectivity index (χ1n) is 6.89. The molecule has 0 aromatic heterocycles. The molecule has 2 unspecified atom stereocenters. The van der Waals surface area contributed by atoms with Crippen LogP contribution in [0.4, 0.5) is 5.69 Å². The minimum atomic E-state index is -0.577. The van der Waals surface area contributed by atoms with Crippen LogP contribution in [-0.4, -0.2) is 11.4 Å². The lowest BCUT2D eigenvalue weighted by Gasteiger charge is -2.39. The summed E-state index contributed by atoms with van der Waals surface area (Å²) in [6, 6.07) is 7.89. The van der Waals surface area contributed by atoms with Gasteiger partial charge < -0.3 is 11.1 Å². The predicted molar refractivity (Wildman–Crippen MR) is 81.9 cm³/mol. The number of nitrogens with one attached hydrogen (secondary N) is 1. The van der Waals surface area contributed by atoms with Crippen molar-refractivity contribution in [2.45, 2.75) is 44.6 Å². The van der Waals surface area contributed by atoms with Crippen LogP contribution in [0.1, 0.15) is 39.0 Å². The maximum absolute atomic E-state index is 12.0. The van der Waals surface area contributed by atoms with E-state index in [1.54, 1.807) is 0 Å². The van der Waals surface area contributed by atoms with E-state index >= 15 is 0 Å². The molecule has 0 radical (unpaired) electrons. The molecule has 19 heavy (non-hydrogen) atoms. The second-order valence-corrected chi connectivity index (χ2v) is 6.36. The van der Waals surface area contributed by atoms with E-state index in [4.69, 9.17) is 5.73 Å². The molecule has 0 aliphatic heterocycles. The molecule has 104 valence electrons. The average Bonchev–Trinajstić information content (AvgIpc) is 2.41. The molecular weight excluding hydrogens is 304 g/mol. The van der Waals surface area contributed by atoms with Gasteiger partial charge in [0.2, 0.25) is 5.91 Å². The summed E-state index contributed by atoms with van der Waals surface area (Å²) in [6.07, 6.45) is 5.04. The number of nitrogens with two attached hydrogens (primary N) is 1. The molecule has 1 aromatic rings. The zero-order valence-electron chi connectivity index (χ0n) is 11.3. The number of anilines is 1. The summed E-state index contributed by atoms with van der Waals surface area (Å²) >= 11 is 3.41. The number of hydrogen-bond donors (Lipinski definition) is 2. The molecule has 1 amide bonds. The van der Waals surface area contributed by atoms with Crippen LogP contribution in [0.5, 0.6) is 0 Å². The lowest BCUT2D eigenvalue weighted by atomic mass is 9.74. The first kappa shape index (κ1) is 14.4. The van der Waals surface area contributed by atoms with Crippen molar-refractivity contribution in [2.24, 2.45) is 11.7 Å². The number of amides is 1. The highest BCUT2D eigenvalue weighted by molar-refractivity contribution is 9.10. The van der Waals surface area contributed by atoms with Gasteiger partial charge in [-0.2, -0.15) is 0 Å². The van der Waals surface area contributed by atoms with Crippen LogP contribution < -0.4 is 11.1 Å². The van der Waals surface area contributed by atoms with Gasteiger partial charge in [0, 0.05) is 10.2 Å². The summed E-state index contributed by atoms with van der Waals surface area (Å²) < 4.78 is 1.03. The number of carbonyl (C=O) groups excluding carboxylic acids is 1. The Labute approximate surface area is 123 Å². The summed E-state index contributed by atoms with van der Waals surface area (Å²) in [5.41, 5.74) is 6.07. The quantitative estimate of drug-likeness (QED) is 0.887. The zero-order valence-corrected chi connectivity index (χ0v) is 12.9. The maximum atomic E-state index is 12.0. The summed E-state index contributed by atoms with van der Waals surface area (Å²) in [7, 11) is 0. The molecule has 0 spiro atoms. The molecule has 1 saturated carbocycles. The second kappa shape index (κ2) is 5.95. The van der Waals surface area contributed by atoms with E-state index in [-0.39, 0.29) is 5.91 Å². The maximum Gasteiger partial charge on any atom is 0.243 e. The highest BCUT2D eigenvalue weighted by atomic mass is 79.9. The fraction of sp³-hybridized carbons (Fsp3) is 0.533. The van der Waals surface area contributed by atoms with E-state index in [0.717, 1.165) is 35.8 Å². The molecular formula is C15H21BrN2O. The fourth-order valence-corrected chi connectivity index (χ4v) is 3.21. The molecule has 2 atom stereocenters. The van der Waals surface area contributed by atoms with Gasteiger partial charge in [-0.15, -0.1) is 0 Å². The number of rotatable bonds is 4. The van der Waals surface area contributed by atoms with Gasteiger partial charge in [0.15, 0.2) is 0 Å². The third kappa shape index (κ3) is 3.30. The number of primary amides is 1. The Kier molecular flexibility index (Phi) is 4.50. The Hall–Kier alpha value is -1.03. The van der Waals surface area contributed by atoms with Crippen molar-refractivity contribution in [3.8, 4) is 0 Å². The average molecular weight is 325 g/mol. The summed E-state index contributed by atoms with van der Waals surface area (Å²) in [5, 5.41) is 3.39. The Balaban J connectivity index is 2.19. The molecule has 1 aliphatic carbocycles. The minimum absolute atomic E-state index is 0.228. The number of halogens is 1. The van der Waals surface area contributed by atoms with Crippen LogP contribution in [0.25, 0.3) is 0 Å². The first-order valence-corrected chi connectivity index (χ1v) is 7.69. The van der Waals surface area contributed by atoms with Crippen molar-refractivity contribution in [2.75, 3.05) is 5.32 Å². The van der Waals surface area contributed by atoms with Crippen molar-refractivity contribution in [1.82, 2.24) is 0 Å². The molecule has 0 saturated heterocycles. The van der Waals surface area contributed by atoms with Crippen LogP contribution >= 0.6 is 15.9 Å². The van der Waals surface area contributed by atoms with E-state index in [1.165, 1.54) is 6.42 Å². The molecule has 1 aromatic carbocycles. The van der Waals surface area contributed by atoms with Gasteiger partial charge in [0.25, 0.3) is 0 Å². The van der Waals surface area contributed by atoms with Crippen molar-refractivity contribution < 1.29 is 4.79 Å². The van der Waals surface area contributed by atoms with Gasteiger partial charge in [-0.25, -0.2) is 0 Å². The molecule has 2 rings (SSSR count). The van der Waals surface area contributed by atoms with Crippen LogP contribution in [-0.2, 0) is 4.79 Å². The van der Waals surface area contributed by atoms with Crippen molar-refractivity contribution in [3.05, 3.63) is 28.7 Å². The molecule has 1 fully saturated rings. The monoisotopic (exact) mass is 324 g/mol. The molecule has 3 N–H and O–H groups in total. The van der Waals surface area contributed by atoms with Gasteiger partial charge in [0.1, 0.15) is 5.54 Å². The molecule has 4 heteroatoms. The van der Waals surface area contributed by atoms with Crippen LogP contribution in [0, 0.1) is 5.92 Å². The third-order valence-corrected chi connectivity index (χ3v) is 4.66. The Morgan fingerprint density at radius 1 is 1.47 bits per heavy atom.